The fraction of sp³-hybridized carbons (Fsp3) is 0.647. The first-order valence-electron chi connectivity index (χ1n) is 8.04. The van der Waals surface area contributed by atoms with Crippen LogP contribution in [0.15, 0.2) is 18.2 Å². The molecule has 3 N–H and O–H groups in total. The Balaban J connectivity index is 1.68. The molecule has 3 atom stereocenters. The maximum Gasteiger partial charge on any atom is 0.120 e. The van der Waals surface area contributed by atoms with E-state index in [0.717, 1.165) is 5.56 Å². The monoisotopic (exact) mass is 290 g/mol. The quantitative estimate of drug-likeness (QED) is 0.749. The SMILES string of the molecule is CC(NC1CC2CCCC(C1)N2C)c1cc(O)ccc1O. The highest BCUT2D eigenvalue weighted by Crippen LogP contribution is 2.34. The van der Waals surface area contributed by atoms with E-state index in [2.05, 4.69) is 24.2 Å². The van der Waals surface area contributed by atoms with Crippen LogP contribution in [0.1, 0.15) is 50.6 Å². The highest BCUT2D eigenvalue weighted by Gasteiger charge is 2.36. The number of phenolic OH excluding ortho intramolecular Hbond substituents is 2. The van der Waals surface area contributed by atoms with Crippen molar-refractivity contribution in [2.24, 2.45) is 0 Å². The lowest BCUT2D eigenvalue weighted by Gasteiger charge is -2.47. The smallest absolute Gasteiger partial charge is 0.120 e. The Labute approximate surface area is 126 Å². The van der Waals surface area contributed by atoms with Gasteiger partial charge in [0.15, 0.2) is 0 Å². The standard InChI is InChI=1S/C17H26N2O2/c1-11(16-10-15(20)6-7-17(16)21)18-12-8-13-4-3-5-14(9-12)19(13)2/h6-7,10-14,18,20-21H,3-5,8-9H2,1-2H3. The lowest BCUT2D eigenvalue weighted by molar-refractivity contribution is 0.0462. The lowest BCUT2D eigenvalue weighted by atomic mass is 9.82. The summed E-state index contributed by atoms with van der Waals surface area (Å²) >= 11 is 0. The molecule has 2 aliphatic rings. The largest absolute Gasteiger partial charge is 0.508 e. The molecule has 3 rings (SSSR count). The van der Waals surface area contributed by atoms with E-state index >= 15 is 0 Å². The van der Waals surface area contributed by atoms with Crippen molar-refractivity contribution >= 4 is 0 Å². The normalized spacial score (nSPS) is 31.0. The third-order valence-corrected chi connectivity index (χ3v) is 5.30. The molecule has 4 nitrogen and oxygen atoms in total. The minimum atomic E-state index is 0.0474. The predicted molar refractivity (Wildman–Crippen MR) is 83.5 cm³/mol. The Morgan fingerprint density at radius 3 is 2.52 bits per heavy atom. The van der Waals surface area contributed by atoms with Crippen molar-refractivity contribution in [3.8, 4) is 11.5 Å². The average Bonchev–Trinajstić information content (AvgIpc) is 2.42. The summed E-state index contributed by atoms with van der Waals surface area (Å²) in [5.41, 5.74) is 0.777. The Bertz CT molecular complexity index is 492. The first-order valence-corrected chi connectivity index (χ1v) is 8.04. The van der Waals surface area contributed by atoms with Gasteiger partial charge in [-0.25, -0.2) is 0 Å². The molecule has 2 saturated heterocycles. The van der Waals surface area contributed by atoms with Gasteiger partial charge in [-0.2, -0.15) is 0 Å². The zero-order chi connectivity index (χ0) is 15.0. The molecule has 2 fully saturated rings. The van der Waals surface area contributed by atoms with E-state index in [-0.39, 0.29) is 17.5 Å². The molecule has 0 radical (unpaired) electrons. The second-order valence-corrected chi connectivity index (χ2v) is 6.70. The molecular formula is C17H26N2O2. The van der Waals surface area contributed by atoms with E-state index in [0.29, 0.717) is 18.1 Å². The van der Waals surface area contributed by atoms with Gasteiger partial charge >= 0.3 is 0 Å². The Hall–Kier alpha value is -1.26. The lowest BCUT2D eigenvalue weighted by Crippen LogP contribution is -2.54. The summed E-state index contributed by atoms with van der Waals surface area (Å²) in [6, 6.07) is 6.67. The number of hydrogen-bond donors (Lipinski definition) is 3. The van der Waals surface area contributed by atoms with E-state index in [1.165, 1.54) is 38.2 Å². The van der Waals surface area contributed by atoms with E-state index in [4.69, 9.17) is 0 Å². The van der Waals surface area contributed by atoms with Gasteiger partial charge in [0.05, 0.1) is 0 Å². The van der Waals surface area contributed by atoms with Gasteiger partial charge in [0.2, 0.25) is 0 Å². The molecule has 21 heavy (non-hydrogen) atoms. The number of nitrogens with one attached hydrogen (secondary N) is 1. The molecule has 116 valence electrons. The number of aromatic hydroxyl groups is 2. The van der Waals surface area contributed by atoms with Crippen LogP contribution in [0.25, 0.3) is 0 Å². The number of rotatable bonds is 3. The van der Waals surface area contributed by atoms with Crippen molar-refractivity contribution in [2.75, 3.05) is 7.05 Å². The summed E-state index contributed by atoms with van der Waals surface area (Å²) < 4.78 is 0. The molecule has 4 heteroatoms. The molecule has 2 bridgehead atoms. The Morgan fingerprint density at radius 1 is 1.19 bits per heavy atom. The minimum absolute atomic E-state index is 0.0474. The van der Waals surface area contributed by atoms with E-state index in [1.54, 1.807) is 12.1 Å². The summed E-state index contributed by atoms with van der Waals surface area (Å²) in [4.78, 5) is 2.55. The molecule has 0 saturated carbocycles. The van der Waals surface area contributed by atoms with E-state index in [1.807, 2.05) is 0 Å². The maximum absolute atomic E-state index is 9.98. The van der Waals surface area contributed by atoms with Crippen molar-refractivity contribution in [1.29, 1.82) is 0 Å². The zero-order valence-corrected chi connectivity index (χ0v) is 12.9. The number of benzene rings is 1. The molecule has 2 aliphatic heterocycles. The molecule has 0 aliphatic carbocycles. The topological polar surface area (TPSA) is 55.7 Å². The predicted octanol–water partition coefficient (Wildman–Crippen LogP) is 2.76. The summed E-state index contributed by atoms with van der Waals surface area (Å²) in [6.45, 7) is 2.06. The van der Waals surface area contributed by atoms with E-state index < -0.39 is 0 Å². The van der Waals surface area contributed by atoms with Crippen LogP contribution in [0.2, 0.25) is 0 Å². The Kier molecular flexibility index (Phi) is 4.09. The van der Waals surface area contributed by atoms with Crippen molar-refractivity contribution in [3.63, 3.8) is 0 Å². The van der Waals surface area contributed by atoms with Gasteiger partial charge in [0.1, 0.15) is 11.5 Å². The van der Waals surface area contributed by atoms with E-state index in [9.17, 15) is 10.2 Å². The highest BCUT2D eigenvalue weighted by molar-refractivity contribution is 5.40. The zero-order valence-electron chi connectivity index (χ0n) is 12.9. The van der Waals surface area contributed by atoms with Crippen LogP contribution in [0, 0.1) is 0 Å². The van der Waals surface area contributed by atoms with Gasteiger partial charge < -0.3 is 20.4 Å². The average molecular weight is 290 g/mol. The molecule has 1 aromatic carbocycles. The first kappa shape index (κ1) is 14.7. The van der Waals surface area contributed by atoms with Gasteiger partial charge in [-0.3, -0.25) is 0 Å². The number of phenols is 2. The fourth-order valence-electron chi connectivity index (χ4n) is 4.08. The van der Waals surface area contributed by atoms with Gasteiger partial charge in [-0.05, 0) is 57.9 Å². The van der Waals surface area contributed by atoms with Crippen LogP contribution < -0.4 is 5.32 Å². The molecule has 0 amide bonds. The molecule has 3 unspecified atom stereocenters. The van der Waals surface area contributed by atoms with Crippen LogP contribution in [-0.4, -0.2) is 40.3 Å². The van der Waals surface area contributed by atoms with Gasteiger partial charge in [0, 0.05) is 29.7 Å². The van der Waals surface area contributed by atoms with Crippen LogP contribution in [0.3, 0.4) is 0 Å². The number of nitrogens with zero attached hydrogens (tertiary/aromatic N) is 1. The third kappa shape index (κ3) is 3.01. The highest BCUT2D eigenvalue weighted by atomic mass is 16.3. The molecule has 2 heterocycles. The van der Waals surface area contributed by atoms with Crippen molar-refractivity contribution in [2.45, 2.75) is 63.2 Å². The second kappa shape index (κ2) is 5.85. The summed E-state index contributed by atoms with van der Waals surface area (Å²) in [5, 5.41) is 23.2. The Morgan fingerprint density at radius 2 is 1.86 bits per heavy atom. The van der Waals surface area contributed by atoms with Crippen LogP contribution >= 0.6 is 0 Å². The molecule has 0 spiro atoms. The van der Waals surface area contributed by atoms with Crippen molar-refractivity contribution in [1.82, 2.24) is 10.2 Å². The van der Waals surface area contributed by atoms with Crippen LogP contribution in [0.5, 0.6) is 11.5 Å². The first-order chi connectivity index (χ1) is 10.0. The minimum Gasteiger partial charge on any atom is -0.508 e. The number of hydrogen-bond acceptors (Lipinski definition) is 4. The molecule has 1 aromatic rings. The number of piperidine rings is 2. The molecule has 0 aromatic heterocycles. The summed E-state index contributed by atoms with van der Waals surface area (Å²) in [6.07, 6.45) is 6.32. The molecular weight excluding hydrogens is 264 g/mol. The van der Waals surface area contributed by atoms with Crippen molar-refractivity contribution < 1.29 is 10.2 Å². The number of fused-ring (bicyclic) bond motifs is 2. The van der Waals surface area contributed by atoms with Gasteiger partial charge in [-0.15, -0.1) is 0 Å². The fourth-order valence-corrected chi connectivity index (χ4v) is 4.08. The summed E-state index contributed by atoms with van der Waals surface area (Å²) in [5.74, 6) is 0.456. The second-order valence-electron chi connectivity index (χ2n) is 6.70. The maximum atomic E-state index is 9.98. The van der Waals surface area contributed by atoms with Crippen LogP contribution in [-0.2, 0) is 0 Å². The van der Waals surface area contributed by atoms with Gasteiger partial charge in [-0.1, -0.05) is 6.42 Å². The van der Waals surface area contributed by atoms with Crippen LogP contribution in [0.4, 0.5) is 0 Å². The van der Waals surface area contributed by atoms with Crippen molar-refractivity contribution in [3.05, 3.63) is 23.8 Å². The third-order valence-electron chi connectivity index (χ3n) is 5.30. The summed E-state index contributed by atoms with van der Waals surface area (Å²) in [7, 11) is 2.26. The van der Waals surface area contributed by atoms with Gasteiger partial charge in [0.25, 0.3) is 0 Å².